The van der Waals surface area contributed by atoms with Gasteiger partial charge in [0.2, 0.25) is 0 Å². The van der Waals surface area contributed by atoms with Crippen molar-refractivity contribution in [2.24, 2.45) is 5.73 Å². The second-order valence-corrected chi connectivity index (χ2v) is 3.93. The molecule has 0 aliphatic carbocycles. The maximum absolute atomic E-state index is 13.4. The average Bonchev–Trinajstić information content (AvgIpc) is 2.24. The first-order valence-corrected chi connectivity index (χ1v) is 5.39. The van der Waals surface area contributed by atoms with E-state index in [1.807, 2.05) is 0 Å². The van der Waals surface area contributed by atoms with Gasteiger partial charge in [0, 0.05) is 12.6 Å². The molecule has 0 aromatic heterocycles. The molecule has 2 N–H and O–H groups in total. The van der Waals surface area contributed by atoms with Crippen molar-refractivity contribution < 1.29 is 13.6 Å². The van der Waals surface area contributed by atoms with Crippen molar-refractivity contribution in [2.45, 2.75) is 6.92 Å². The van der Waals surface area contributed by atoms with E-state index in [1.54, 1.807) is 6.92 Å². The molecule has 0 aliphatic rings. The molecule has 0 saturated carbocycles. The zero-order chi connectivity index (χ0) is 13.0. The van der Waals surface area contributed by atoms with Crippen LogP contribution in [-0.4, -0.2) is 28.9 Å². The fourth-order valence-electron chi connectivity index (χ4n) is 1.35. The van der Waals surface area contributed by atoms with Gasteiger partial charge < -0.3 is 10.6 Å². The highest BCUT2D eigenvalue weighted by atomic mass is 32.1. The van der Waals surface area contributed by atoms with Crippen LogP contribution in [0.2, 0.25) is 0 Å². The predicted molar refractivity (Wildman–Crippen MR) is 64.7 cm³/mol. The first-order chi connectivity index (χ1) is 7.95. The van der Waals surface area contributed by atoms with E-state index in [2.05, 4.69) is 0 Å². The number of likely N-dealkylation sites (N-methyl/N-ethyl adjacent to an activating group) is 1. The third kappa shape index (κ3) is 3.45. The lowest BCUT2D eigenvalue weighted by Gasteiger charge is -2.20. The molecule has 0 spiro atoms. The number of hydrogen-bond donors (Lipinski definition) is 1. The summed E-state index contributed by atoms with van der Waals surface area (Å²) in [5, 5.41) is 0. The molecule has 0 aliphatic heterocycles. The molecule has 1 rings (SSSR count). The number of carbonyl (C=O) groups excluding carboxylic acids is 1. The van der Waals surface area contributed by atoms with Gasteiger partial charge in [0.05, 0.1) is 17.1 Å². The van der Waals surface area contributed by atoms with Crippen molar-refractivity contribution in [3.8, 4) is 0 Å². The normalized spacial score (nSPS) is 10.1. The minimum Gasteiger partial charge on any atom is -0.392 e. The number of nitrogens with zero attached hydrogens (tertiary/aromatic N) is 1. The minimum atomic E-state index is -0.892. The Morgan fingerprint density at radius 1 is 1.47 bits per heavy atom. The Bertz CT molecular complexity index is 451. The fraction of sp³-hybridized carbons (Fsp3) is 0.273. The zero-order valence-electron chi connectivity index (χ0n) is 9.24. The van der Waals surface area contributed by atoms with Crippen molar-refractivity contribution in [2.75, 3.05) is 13.1 Å². The third-order valence-corrected chi connectivity index (χ3v) is 2.31. The predicted octanol–water partition coefficient (Wildman–Crippen LogP) is 1.71. The molecule has 17 heavy (non-hydrogen) atoms. The molecule has 1 aromatic rings. The van der Waals surface area contributed by atoms with Crippen LogP contribution in [-0.2, 0) is 0 Å². The quantitative estimate of drug-likeness (QED) is 0.836. The fourth-order valence-corrected chi connectivity index (χ4v) is 1.50. The molecule has 0 radical (unpaired) electrons. The summed E-state index contributed by atoms with van der Waals surface area (Å²) >= 11 is 4.69. The Hall–Kier alpha value is -1.56. The van der Waals surface area contributed by atoms with Crippen molar-refractivity contribution in [1.82, 2.24) is 4.90 Å². The standard InChI is InChI=1S/C11H12F2N2OS/c1-2-15(6-10(14)17)11(16)8-4-3-7(12)5-9(8)13/h3-5H,2,6H2,1H3,(H2,14,17). The lowest BCUT2D eigenvalue weighted by atomic mass is 10.2. The Morgan fingerprint density at radius 3 is 2.59 bits per heavy atom. The van der Waals surface area contributed by atoms with Crippen LogP contribution in [0.15, 0.2) is 18.2 Å². The lowest BCUT2D eigenvalue weighted by molar-refractivity contribution is 0.0783. The van der Waals surface area contributed by atoms with E-state index in [-0.39, 0.29) is 17.1 Å². The SMILES string of the molecule is CCN(CC(N)=S)C(=O)c1ccc(F)cc1F. The number of amides is 1. The number of thiocarbonyl (C=S) groups is 1. The molecule has 0 fully saturated rings. The summed E-state index contributed by atoms with van der Waals surface area (Å²) in [6.07, 6.45) is 0. The van der Waals surface area contributed by atoms with Crippen molar-refractivity contribution in [1.29, 1.82) is 0 Å². The number of benzene rings is 1. The van der Waals surface area contributed by atoms with Crippen LogP contribution in [0.1, 0.15) is 17.3 Å². The highest BCUT2D eigenvalue weighted by Gasteiger charge is 2.18. The summed E-state index contributed by atoms with van der Waals surface area (Å²) < 4.78 is 26.1. The summed E-state index contributed by atoms with van der Waals surface area (Å²) in [6.45, 7) is 2.13. The lowest BCUT2D eigenvalue weighted by Crippen LogP contribution is -2.37. The van der Waals surface area contributed by atoms with Gasteiger partial charge in [-0.2, -0.15) is 0 Å². The monoisotopic (exact) mass is 258 g/mol. The Morgan fingerprint density at radius 2 is 2.12 bits per heavy atom. The molecule has 6 heteroatoms. The smallest absolute Gasteiger partial charge is 0.257 e. The highest BCUT2D eigenvalue weighted by molar-refractivity contribution is 7.80. The van der Waals surface area contributed by atoms with Crippen LogP contribution < -0.4 is 5.73 Å². The number of hydrogen-bond acceptors (Lipinski definition) is 2. The van der Waals surface area contributed by atoms with Crippen LogP contribution in [0.25, 0.3) is 0 Å². The van der Waals surface area contributed by atoms with Gasteiger partial charge in [-0.25, -0.2) is 8.78 Å². The summed E-state index contributed by atoms with van der Waals surface area (Å²) in [7, 11) is 0. The largest absolute Gasteiger partial charge is 0.392 e. The van der Waals surface area contributed by atoms with Crippen LogP contribution >= 0.6 is 12.2 Å². The van der Waals surface area contributed by atoms with Gasteiger partial charge in [0.15, 0.2) is 0 Å². The van der Waals surface area contributed by atoms with Gasteiger partial charge in [-0.15, -0.1) is 0 Å². The number of halogens is 2. The molecule has 92 valence electrons. The molecule has 0 atom stereocenters. The first-order valence-electron chi connectivity index (χ1n) is 4.98. The van der Waals surface area contributed by atoms with Crippen molar-refractivity contribution >= 4 is 23.1 Å². The summed E-state index contributed by atoms with van der Waals surface area (Å²) in [5.41, 5.74) is 5.14. The van der Waals surface area contributed by atoms with Gasteiger partial charge in [0.25, 0.3) is 5.91 Å². The Kier molecular flexibility index (Phi) is 4.51. The van der Waals surface area contributed by atoms with E-state index in [4.69, 9.17) is 18.0 Å². The molecule has 0 bridgehead atoms. The van der Waals surface area contributed by atoms with E-state index in [9.17, 15) is 13.6 Å². The van der Waals surface area contributed by atoms with E-state index >= 15 is 0 Å². The highest BCUT2D eigenvalue weighted by Crippen LogP contribution is 2.12. The average molecular weight is 258 g/mol. The molecule has 0 unspecified atom stereocenters. The van der Waals surface area contributed by atoms with Crippen LogP contribution in [0, 0.1) is 11.6 Å². The molecule has 1 aromatic carbocycles. The van der Waals surface area contributed by atoms with Gasteiger partial charge in [-0.3, -0.25) is 4.79 Å². The van der Waals surface area contributed by atoms with Gasteiger partial charge >= 0.3 is 0 Å². The van der Waals surface area contributed by atoms with E-state index in [0.29, 0.717) is 12.6 Å². The molecule has 3 nitrogen and oxygen atoms in total. The zero-order valence-corrected chi connectivity index (χ0v) is 10.1. The van der Waals surface area contributed by atoms with Gasteiger partial charge in [-0.1, -0.05) is 12.2 Å². The molecule has 1 amide bonds. The maximum atomic E-state index is 13.4. The van der Waals surface area contributed by atoms with E-state index in [1.165, 1.54) is 4.90 Å². The third-order valence-electron chi connectivity index (χ3n) is 2.18. The topological polar surface area (TPSA) is 46.3 Å². The summed E-state index contributed by atoms with van der Waals surface area (Å²) in [4.78, 5) is 13.3. The second-order valence-electron chi connectivity index (χ2n) is 3.41. The van der Waals surface area contributed by atoms with Gasteiger partial charge in [-0.05, 0) is 19.1 Å². The van der Waals surface area contributed by atoms with Crippen LogP contribution in [0.4, 0.5) is 8.78 Å². The number of rotatable bonds is 4. The van der Waals surface area contributed by atoms with Crippen molar-refractivity contribution in [3.63, 3.8) is 0 Å². The van der Waals surface area contributed by atoms with E-state index in [0.717, 1.165) is 12.1 Å². The number of carbonyl (C=O) groups is 1. The van der Waals surface area contributed by atoms with Crippen LogP contribution in [0.5, 0.6) is 0 Å². The second kappa shape index (κ2) is 5.67. The Balaban J connectivity index is 2.97. The molecular formula is C11H12F2N2OS. The molecule has 0 heterocycles. The maximum Gasteiger partial charge on any atom is 0.257 e. The van der Waals surface area contributed by atoms with Gasteiger partial charge in [0.1, 0.15) is 11.6 Å². The Labute approximate surface area is 103 Å². The number of nitrogens with two attached hydrogens (primary N) is 1. The molecular weight excluding hydrogens is 246 g/mol. The van der Waals surface area contributed by atoms with Crippen LogP contribution in [0.3, 0.4) is 0 Å². The molecule has 0 saturated heterocycles. The summed E-state index contributed by atoms with van der Waals surface area (Å²) in [5.74, 6) is -2.18. The van der Waals surface area contributed by atoms with Crippen molar-refractivity contribution in [3.05, 3.63) is 35.4 Å². The minimum absolute atomic E-state index is 0.0709. The first kappa shape index (κ1) is 13.5. The summed E-state index contributed by atoms with van der Waals surface area (Å²) in [6, 6.07) is 2.81. The van der Waals surface area contributed by atoms with E-state index < -0.39 is 17.5 Å².